The zero-order valence-electron chi connectivity index (χ0n) is 15.3. The monoisotopic (exact) mass is 373 g/mol. The van der Waals surface area contributed by atoms with Crippen molar-refractivity contribution < 1.29 is 4.79 Å². The number of hydrogen-bond acceptors (Lipinski definition) is 5. The van der Waals surface area contributed by atoms with Crippen molar-refractivity contribution >= 4 is 5.91 Å². The molecule has 0 atom stereocenters. The largest absolute Gasteiger partial charge is 0.347 e. The van der Waals surface area contributed by atoms with Gasteiger partial charge < -0.3 is 10.3 Å². The third kappa shape index (κ3) is 3.96. The fourth-order valence-electron chi connectivity index (χ4n) is 2.82. The predicted octanol–water partition coefficient (Wildman–Crippen LogP) is 2.36. The number of pyridine rings is 1. The molecule has 3 aromatic heterocycles. The minimum Gasteiger partial charge on any atom is -0.347 e. The Morgan fingerprint density at radius 2 is 2.04 bits per heavy atom. The average Bonchev–Trinajstić information content (AvgIpc) is 3.38. The molecule has 0 aliphatic carbocycles. The predicted molar refractivity (Wildman–Crippen MR) is 104 cm³/mol. The van der Waals surface area contributed by atoms with Gasteiger partial charge in [0.2, 0.25) is 5.91 Å². The summed E-state index contributed by atoms with van der Waals surface area (Å²) in [7, 11) is 0. The van der Waals surface area contributed by atoms with Gasteiger partial charge in [-0.15, -0.1) is 0 Å². The first-order valence-electron chi connectivity index (χ1n) is 8.85. The van der Waals surface area contributed by atoms with E-state index in [-0.39, 0.29) is 19.0 Å². The van der Waals surface area contributed by atoms with Crippen LogP contribution in [0.5, 0.6) is 0 Å². The zero-order chi connectivity index (χ0) is 19.3. The second-order valence-corrected chi connectivity index (χ2v) is 6.36. The molecule has 0 bridgehead atoms. The van der Waals surface area contributed by atoms with Crippen LogP contribution in [0.4, 0.5) is 0 Å². The quantitative estimate of drug-likeness (QED) is 0.540. The van der Waals surface area contributed by atoms with Gasteiger partial charge in [0, 0.05) is 11.8 Å². The number of benzene rings is 1. The maximum Gasteiger partial charge on any atom is 0.242 e. The molecule has 0 saturated heterocycles. The lowest BCUT2D eigenvalue weighted by atomic mass is 10.1. The molecular formula is C20H19N7O. The fraction of sp³-hybridized carbons (Fsp3) is 0.150. The summed E-state index contributed by atoms with van der Waals surface area (Å²) in [5.74, 6) is 0.487. The standard InChI is InChI=1S/C20H19N7O/c1-14-5-7-15(8-6-14)19-20(16-4-2-3-9-22-16)26-17(25-19)10-23-18(28)11-27-13-21-12-24-27/h2-9,12-13H,10-11H2,1H3,(H,23,28)(H,25,26). The number of amides is 1. The number of aryl methyl sites for hydroxylation is 1. The summed E-state index contributed by atoms with van der Waals surface area (Å²) < 4.78 is 1.47. The van der Waals surface area contributed by atoms with Crippen molar-refractivity contribution in [2.24, 2.45) is 0 Å². The number of aromatic amines is 1. The Hall–Kier alpha value is -3.81. The summed E-state index contributed by atoms with van der Waals surface area (Å²) in [6.07, 6.45) is 4.64. The summed E-state index contributed by atoms with van der Waals surface area (Å²) >= 11 is 0. The van der Waals surface area contributed by atoms with Gasteiger partial charge in [-0.2, -0.15) is 5.10 Å². The van der Waals surface area contributed by atoms with E-state index in [9.17, 15) is 4.79 Å². The van der Waals surface area contributed by atoms with Crippen LogP contribution in [0.15, 0.2) is 61.3 Å². The molecule has 1 amide bonds. The maximum atomic E-state index is 12.1. The van der Waals surface area contributed by atoms with E-state index in [1.54, 1.807) is 6.20 Å². The van der Waals surface area contributed by atoms with E-state index < -0.39 is 0 Å². The Bertz CT molecular complexity index is 1050. The minimum absolute atomic E-state index is 0.110. The van der Waals surface area contributed by atoms with Crippen LogP contribution in [-0.4, -0.2) is 35.6 Å². The van der Waals surface area contributed by atoms with Crippen LogP contribution < -0.4 is 5.32 Å². The molecule has 1 aromatic carbocycles. The first-order valence-corrected chi connectivity index (χ1v) is 8.85. The molecule has 3 heterocycles. The number of aromatic nitrogens is 6. The van der Waals surface area contributed by atoms with E-state index in [1.165, 1.54) is 22.9 Å². The lowest BCUT2D eigenvalue weighted by molar-refractivity contribution is -0.122. The van der Waals surface area contributed by atoms with Gasteiger partial charge in [0.1, 0.15) is 25.0 Å². The number of imidazole rings is 1. The van der Waals surface area contributed by atoms with Crippen LogP contribution in [0, 0.1) is 6.92 Å². The second-order valence-electron chi connectivity index (χ2n) is 6.36. The van der Waals surface area contributed by atoms with Crippen LogP contribution in [0.2, 0.25) is 0 Å². The summed E-state index contributed by atoms with van der Waals surface area (Å²) in [6.45, 7) is 2.43. The van der Waals surface area contributed by atoms with E-state index >= 15 is 0 Å². The van der Waals surface area contributed by atoms with E-state index in [1.807, 2.05) is 49.4 Å². The number of hydrogen-bond donors (Lipinski definition) is 2. The highest BCUT2D eigenvalue weighted by molar-refractivity contribution is 5.77. The topological polar surface area (TPSA) is 101 Å². The number of H-pyrrole nitrogens is 1. The molecule has 0 fully saturated rings. The van der Waals surface area contributed by atoms with Gasteiger partial charge in [0.25, 0.3) is 0 Å². The summed E-state index contributed by atoms with van der Waals surface area (Å²) in [5, 5.41) is 6.78. The molecule has 140 valence electrons. The Morgan fingerprint density at radius 3 is 2.75 bits per heavy atom. The fourth-order valence-corrected chi connectivity index (χ4v) is 2.82. The van der Waals surface area contributed by atoms with Crippen molar-refractivity contribution in [3.63, 3.8) is 0 Å². The van der Waals surface area contributed by atoms with Crippen molar-refractivity contribution in [1.82, 2.24) is 35.0 Å². The molecule has 8 nitrogen and oxygen atoms in total. The van der Waals surface area contributed by atoms with E-state index in [0.717, 1.165) is 22.6 Å². The molecule has 2 N–H and O–H groups in total. The first kappa shape index (κ1) is 17.6. The van der Waals surface area contributed by atoms with Crippen LogP contribution in [0.1, 0.15) is 11.4 Å². The molecule has 0 saturated carbocycles. The van der Waals surface area contributed by atoms with Gasteiger partial charge in [-0.05, 0) is 19.1 Å². The van der Waals surface area contributed by atoms with Crippen LogP contribution >= 0.6 is 0 Å². The molecular weight excluding hydrogens is 354 g/mol. The summed E-state index contributed by atoms with van der Waals surface area (Å²) in [5.41, 5.74) is 4.59. The molecule has 0 spiro atoms. The van der Waals surface area contributed by atoms with Gasteiger partial charge in [0.15, 0.2) is 0 Å². The second kappa shape index (κ2) is 7.83. The molecule has 8 heteroatoms. The number of nitrogens with zero attached hydrogens (tertiary/aromatic N) is 5. The molecule has 0 aliphatic heterocycles. The van der Waals surface area contributed by atoms with Gasteiger partial charge in [-0.3, -0.25) is 9.78 Å². The first-order chi connectivity index (χ1) is 13.7. The smallest absolute Gasteiger partial charge is 0.242 e. The highest BCUT2D eigenvalue weighted by atomic mass is 16.2. The molecule has 0 unspecified atom stereocenters. The minimum atomic E-state index is -0.168. The molecule has 4 aromatic rings. The van der Waals surface area contributed by atoms with E-state index in [4.69, 9.17) is 4.98 Å². The highest BCUT2D eigenvalue weighted by Gasteiger charge is 2.15. The Kier molecular flexibility index (Phi) is 4.92. The third-order valence-electron chi connectivity index (χ3n) is 4.22. The van der Waals surface area contributed by atoms with Crippen molar-refractivity contribution in [1.29, 1.82) is 0 Å². The SMILES string of the molecule is Cc1ccc(-c2nc(CNC(=O)Cn3cncn3)[nH]c2-c2ccccn2)cc1. The van der Waals surface area contributed by atoms with Crippen molar-refractivity contribution in [3.05, 3.63) is 72.7 Å². The Balaban J connectivity index is 1.58. The molecule has 4 rings (SSSR count). The van der Waals surface area contributed by atoms with Gasteiger partial charge >= 0.3 is 0 Å². The Labute approximate surface area is 161 Å². The Morgan fingerprint density at radius 1 is 1.18 bits per heavy atom. The van der Waals surface area contributed by atoms with Crippen molar-refractivity contribution in [2.45, 2.75) is 20.0 Å². The third-order valence-corrected chi connectivity index (χ3v) is 4.22. The molecule has 28 heavy (non-hydrogen) atoms. The summed E-state index contributed by atoms with van der Waals surface area (Å²) in [4.78, 5) is 28.4. The zero-order valence-corrected chi connectivity index (χ0v) is 15.3. The van der Waals surface area contributed by atoms with Crippen LogP contribution in [0.25, 0.3) is 22.6 Å². The number of rotatable bonds is 6. The van der Waals surface area contributed by atoms with E-state index in [2.05, 4.69) is 25.4 Å². The molecule has 0 radical (unpaired) electrons. The lowest BCUT2D eigenvalue weighted by Crippen LogP contribution is -2.27. The van der Waals surface area contributed by atoms with Crippen LogP contribution in [-0.2, 0) is 17.9 Å². The average molecular weight is 373 g/mol. The molecule has 0 aliphatic rings. The highest BCUT2D eigenvalue weighted by Crippen LogP contribution is 2.29. The van der Waals surface area contributed by atoms with Crippen molar-refractivity contribution in [3.8, 4) is 22.6 Å². The lowest BCUT2D eigenvalue weighted by Gasteiger charge is -2.02. The van der Waals surface area contributed by atoms with Crippen molar-refractivity contribution in [2.75, 3.05) is 0 Å². The van der Waals surface area contributed by atoms with Gasteiger partial charge in [-0.25, -0.2) is 14.6 Å². The maximum absolute atomic E-state index is 12.1. The van der Waals surface area contributed by atoms with Crippen LogP contribution in [0.3, 0.4) is 0 Å². The summed E-state index contributed by atoms with van der Waals surface area (Å²) in [6, 6.07) is 13.9. The number of nitrogens with one attached hydrogen (secondary N) is 2. The van der Waals surface area contributed by atoms with Gasteiger partial charge in [0.05, 0.1) is 23.6 Å². The van der Waals surface area contributed by atoms with E-state index in [0.29, 0.717) is 5.82 Å². The number of carbonyl (C=O) groups is 1. The normalized spacial score (nSPS) is 10.8. The number of carbonyl (C=O) groups excluding carboxylic acids is 1. The van der Waals surface area contributed by atoms with Gasteiger partial charge in [-0.1, -0.05) is 35.9 Å².